The van der Waals surface area contributed by atoms with Crippen LogP contribution in [-0.2, 0) is 6.54 Å². The van der Waals surface area contributed by atoms with Gasteiger partial charge in [-0.25, -0.2) is 9.78 Å². The van der Waals surface area contributed by atoms with Crippen molar-refractivity contribution in [3.05, 3.63) is 53.4 Å². The Bertz CT molecular complexity index is 962. The third-order valence-corrected chi connectivity index (χ3v) is 5.90. The molecule has 1 atom stereocenters. The summed E-state index contributed by atoms with van der Waals surface area (Å²) in [5, 5.41) is 20.1. The molecule has 30 heavy (non-hydrogen) atoms. The third-order valence-electron chi connectivity index (χ3n) is 5.90. The van der Waals surface area contributed by atoms with E-state index in [0.717, 1.165) is 37.1 Å². The van der Waals surface area contributed by atoms with Crippen LogP contribution in [0.2, 0.25) is 0 Å². The molecule has 158 valence electrons. The Morgan fingerprint density at radius 1 is 1.43 bits per heavy atom. The highest BCUT2D eigenvalue weighted by Crippen LogP contribution is 2.39. The van der Waals surface area contributed by atoms with E-state index >= 15 is 0 Å². The van der Waals surface area contributed by atoms with E-state index in [1.165, 1.54) is 5.56 Å². The quantitative estimate of drug-likeness (QED) is 0.607. The molecule has 0 aliphatic carbocycles. The van der Waals surface area contributed by atoms with Crippen LogP contribution in [0.5, 0.6) is 5.75 Å². The number of nitrogens with one attached hydrogen (secondary N) is 3. The van der Waals surface area contributed by atoms with Gasteiger partial charge in [0.05, 0.1) is 12.2 Å². The number of carbonyl (C=O) groups is 1. The lowest BCUT2D eigenvalue weighted by Gasteiger charge is -2.34. The van der Waals surface area contributed by atoms with Gasteiger partial charge >= 0.3 is 6.03 Å². The molecule has 0 saturated carbocycles. The number of carbonyl (C=O) groups excluding carboxylic acids is 1. The van der Waals surface area contributed by atoms with Crippen LogP contribution >= 0.6 is 0 Å². The first-order valence-electron chi connectivity index (χ1n) is 10.5. The number of urea groups is 1. The van der Waals surface area contributed by atoms with E-state index < -0.39 is 0 Å². The predicted molar refractivity (Wildman–Crippen MR) is 118 cm³/mol. The van der Waals surface area contributed by atoms with Crippen LogP contribution in [0.3, 0.4) is 0 Å². The van der Waals surface area contributed by atoms with Crippen molar-refractivity contribution in [1.29, 1.82) is 0 Å². The Hall–Kier alpha value is -3.06. The number of pyridine rings is 1. The lowest BCUT2D eigenvalue weighted by Crippen LogP contribution is -2.43. The van der Waals surface area contributed by atoms with Gasteiger partial charge in [-0.2, -0.15) is 0 Å². The zero-order valence-electron chi connectivity index (χ0n) is 17.6. The van der Waals surface area contributed by atoms with E-state index in [4.69, 9.17) is 4.98 Å². The zero-order chi connectivity index (χ0) is 21.3. The summed E-state index contributed by atoms with van der Waals surface area (Å²) in [5.74, 6) is 1.67. The van der Waals surface area contributed by atoms with Crippen molar-refractivity contribution in [2.24, 2.45) is 0 Å². The molecule has 1 unspecified atom stereocenters. The number of anilines is 1. The van der Waals surface area contributed by atoms with Gasteiger partial charge in [0, 0.05) is 24.2 Å². The molecule has 0 bridgehead atoms. The second-order valence-electron chi connectivity index (χ2n) is 7.93. The largest absolute Gasteiger partial charge is 0.507 e. The van der Waals surface area contributed by atoms with Crippen molar-refractivity contribution in [3.8, 4) is 17.0 Å². The summed E-state index contributed by atoms with van der Waals surface area (Å²) >= 11 is 0. The van der Waals surface area contributed by atoms with Crippen LogP contribution in [0.15, 0.2) is 36.7 Å². The summed E-state index contributed by atoms with van der Waals surface area (Å²) in [6, 6.07) is 7.29. The van der Waals surface area contributed by atoms with Gasteiger partial charge in [0.25, 0.3) is 0 Å². The lowest BCUT2D eigenvalue weighted by atomic mass is 9.86. The zero-order valence-corrected chi connectivity index (χ0v) is 17.6. The summed E-state index contributed by atoms with van der Waals surface area (Å²) in [6.45, 7) is 11.0. The van der Waals surface area contributed by atoms with Crippen molar-refractivity contribution < 1.29 is 9.90 Å². The van der Waals surface area contributed by atoms with Gasteiger partial charge in [0.15, 0.2) is 0 Å². The standard InChI is InChI=1S/C23H29N5O2/c1-4-25-15(3)28-13-18-17(16-8-6-10-24-12-16)11-19(26-22(18)27-23(28)30)21-14(2)7-5-9-20(21)29/h5,7,9,11,16,24-25,29H,3-4,6,8,10,12-13H2,1-2H3,(H,26,27,30). The highest BCUT2D eigenvalue weighted by Gasteiger charge is 2.31. The van der Waals surface area contributed by atoms with Crippen LogP contribution in [0.25, 0.3) is 11.3 Å². The number of aromatic nitrogens is 1. The van der Waals surface area contributed by atoms with Crippen LogP contribution in [0, 0.1) is 6.92 Å². The number of fused-ring (bicyclic) bond motifs is 1. The van der Waals surface area contributed by atoms with Crippen molar-refractivity contribution in [2.75, 3.05) is 25.0 Å². The summed E-state index contributed by atoms with van der Waals surface area (Å²) in [5.41, 5.74) is 4.51. The number of benzene rings is 1. The molecule has 1 aromatic heterocycles. The molecule has 0 spiro atoms. The molecule has 2 aliphatic rings. The molecule has 4 N–H and O–H groups in total. The van der Waals surface area contributed by atoms with Gasteiger partial charge in [-0.3, -0.25) is 10.2 Å². The van der Waals surface area contributed by atoms with Gasteiger partial charge in [-0.1, -0.05) is 18.7 Å². The Kier molecular flexibility index (Phi) is 5.63. The van der Waals surface area contributed by atoms with E-state index in [2.05, 4.69) is 28.6 Å². The number of aromatic hydroxyl groups is 1. The number of piperidine rings is 1. The number of phenols is 1. The minimum atomic E-state index is -0.250. The smallest absolute Gasteiger partial charge is 0.328 e. The molecule has 7 nitrogen and oxygen atoms in total. The summed E-state index contributed by atoms with van der Waals surface area (Å²) in [7, 11) is 0. The monoisotopic (exact) mass is 407 g/mol. The Morgan fingerprint density at radius 3 is 2.97 bits per heavy atom. The van der Waals surface area contributed by atoms with Gasteiger partial charge in [-0.15, -0.1) is 0 Å². The fourth-order valence-electron chi connectivity index (χ4n) is 4.37. The van der Waals surface area contributed by atoms with Crippen molar-refractivity contribution in [3.63, 3.8) is 0 Å². The summed E-state index contributed by atoms with van der Waals surface area (Å²) in [6.07, 6.45) is 2.18. The first kappa shape index (κ1) is 20.2. The third kappa shape index (κ3) is 3.73. The minimum Gasteiger partial charge on any atom is -0.507 e. The number of hydrogen-bond acceptors (Lipinski definition) is 5. The predicted octanol–water partition coefficient (Wildman–Crippen LogP) is 3.66. The van der Waals surface area contributed by atoms with Gasteiger partial charge in [-0.05, 0) is 62.4 Å². The van der Waals surface area contributed by atoms with E-state index in [-0.39, 0.29) is 11.8 Å². The molecule has 2 aromatic rings. The molecule has 3 heterocycles. The van der Waals surface area contributed by atoms with Crippen molar-refractivity contribution in [1.82, 2.24) is 20.5 Å². The fraction of sp³-hybridized carbons (Fsp3) is 0.391. The van der Waals surface area contributed by atoms with Crippen LogP contribution in [0.1, 0.15) is 42.4 Å². The van der Waals surface area contributed by atoms with E-state index in [9.17, 15) is 9.90 Å². The molecule has 1 aromatic carbocycles. The lowest BCUT2D eigenvalue weighted by molar-refractivity contribution is 0.217. The maximum atomic E-state index is 12.8. The fourth-order valence-corrected chi connectivity index (χ4v) is 4.37. The minimum absolute atomic E-state index is 0.194. The molecular weight excluding hydrogens is 378 g/mol. The van der Waals surface area contributed by atoms with Crippen molar-refractivity contribution in [2.45, 2.75) is 39.2 Å². The number of phenolic OH excluding ortho intramolecular Hbond substituents is 1. The highest BCUT2D eigenvalue weighted by atomic mass is 16.3. The number of hydrogen-bond donors (Lipinski definition) is 4. The maximum absolute atomic E-state index is 12.8. The first-order chi connectivity index (χ1) is 14.5. The van der Waals surface area contributed by atoms with Gasteiger partial charge in [0.2, 0.25) is 0 Å². The second-order valence-corrected chi connectivity index (χ2v) is 7.93. The Labute approximate surface area is 177 Å². The second kappa shape index (κ2) is 8.36. The van der Waals surface area contributed by atoms with Crippen LogP contribution in [0.4, 0.5) is 10.6 Å². The molecule has 0 radical (unpaired) electrons. The van der Waals surface area contributed by atoms with E-state index in [1.807, 2.05) is 26.0 Å². The molecule has 2 amide bonds. The van der Waals surface area contributed by atoms with Gasteiger partial charge in [0.1, 0.15) is 17.4 Å². The molecule has 1 saturated heterocycles. The van der Waals surface area contributed by atoms with Crippen LogP contribution < -0.4 is 16.0 Å². The molecule has 7 heteroatoms. The number of aryl methyl sites for hydroxylation is 1. The molecule has 4 rings (SSSR count). The highest BCUT2D eigenvalue weighted by molar-refractivity contribution is 5.93. The Morgan fingerprint density at radius 2 is 2.27 bits per heavy atom. The number of rotatable bonds is 5. The average molecular weight is 408 g/mol. The van der Waals surface area contributed by atoms with E-state index in [1.54, 1.807) is 11.0 Å². The molecule has 1 fully saturated rings. The number of nitrogens with zero attached hydrogens (tertiary/aromatic N) is 2. The SMILES string of the molecule is C=C(NCC)N1Cc2c(C3CCCNC3)cc(-c3c(C)cccc3O)nc2NC1=O. The summed E-state index contributed by atoms with van der Waals surface area (Å²) in [4.78, 5) is 19.1. The first-order valence-corrected chi connectivity index (χ1v) is 10.5. The molecular formula is C23H29N5O2. The topological polar surface area (TPSA) is 89.5 Å². The number of amides is 2. The van der Waals surface area contributed by atoms with Crippen LogP contribution in [-0.4, -0.2) is 40.7 Å². The van der Waals surface area contributed by atoms with Crippen molar-refractivity contribution >= 4 is 11.8 Å². The van der Waals surface area contributed by atoms with E-state index in [0.29, 0.717) is 41.9 Å². The average Bonchev–Trinajstić information content (AvgIpc) is 2.73. The maximum Gasteiger partial charge on any atom is 0.328 e. The summed E-state index contributed by atoms with van der Waals surface area (Å²) < 4.78 is 0. The van der Waals surface area contributed by atoms with Gasteiger partial charge < -0.3 is 15.7 Å². The Balaban J connectivity index is 1.83. The normalized spacial score (nSPS) is 18.5. The molecule has 2 aliphatic heterocycles.